The number of ether oxygens (including phenoxy) is 1. The van der Waals surface area contributed by atoms with Gasteiger partial charge in [0.05, 0.1) is 57.7 Å². The summed E-state index contributed by atoms with van der Waals surface area (Å²) in [7, 11) is 0. The molecule has 0 saturated carbocycles. The fourth-order valence-electron chi connectivity index (χ4n) is 8.81. The third-order valence-corrected chi connectivity index (χ3v) is 15.2. The molecular weight excluding hydrogens is 954 g/mol. The van der Waals surface area contributed by atoms with Crippen LogP contribution < -0.4 is 22.1 Å². The van der Waals surface area contributed by atoms with Crippen LogP contribution in [0.5, 0.6) is 0 Å². The molecule has 2 aromatic heterocycles. The van der Waals surface area contributed by atoms with Crippen molar-refractivity contribution in [2.45, 2.75) is 94.0 Å². The number of aryl methyl sites for hydroxylation is 3. The van der Waals surface area contributed by atoms with Crippen molar-refractivity contribution in [3.63, 3.8) is 0 Å². The number of fused-ring (bicyclic) bond motifs is 6. The van der Waals surface area contributed by atoms with E-state index in [-0.39, 0.29) is 24.1 Å². The summed E-state index contributed by atoms with van der Waals surface area (Å²) in [4.78, 5) is 22.1. The van der Waals surface area contributed by atoms with Crippen LogP contribution >= 0.6 is 23.5 Å². The summed E-state index contributed by atoms with van der Waals surface area (Å²) in [6, 6.07) is 37.5. The summed E-state index contributed by atoms with van der Waals surface area (Å²) in [5.41, 5.74) is 21.1. The van der Waals surface area contributed by atoms with Crippen LogP contribution in [-0.2, 0) is 34.3 Å². The van der Waals surface area contributed by atoms with Crippen molar-refractivity contribution in [2.24, 2.45) is 5.73 Å². The van der Waals surface area contributed by atoms with E-state index in [9.17, 15) is 23.1 Å². The zero-order chi connectivity index (χ0) is 51.6. The molecule has 16 heteroatoms. The number of amides is 1. The molecule has 0 bridgehead atoms. The second-order valence-corrected chi connectivity index (χ2v) is 22.0. The molecule has 2 aliphatic rings. The molecule has 7 N–H and O–H groups in total. The van der Waals surface area contributed by atoms with Crippen molar-refractivity contribution < 1.29 is 27.8 Å². The van der Waals surface area contributed by atoms with Crippen LogP contribution in [0.1, 0.15) is 61.1 Å². The molecular formula is C56H61F3N8O3S2. The Morgan fingerprint density at radius 2 is 1.24 bits per heavy atom. The van der Waals surface area contributed by atoms with E-state index in [0.29, 0.717) is 42.4 Å². The number of aliphatic hydroxyl groups excluding tert-OH is 1. The highest BCUT2D eigenvalue weighted by atomic mass is 32.2. The molecule has 0 saturated heterocycles. The molecule has 1 amide bonds. The number of imidazole rings is 2. The monoisotopic (exact) mass is 1010 g/mol. The summed E-state index contributed by atoms with van der Waals surface area (Å²) < 4.78 is 50.7. The van der Waals surface area contributed by atoms with E-state index in [1.165, 1.54) is 42.0 Å². The highest BCUT2D eigenvalue weighted by Gasteiger charge is 2.41. The van der Waals surface area contributed by atoms with E-state index in [0.717, 1.165) is 60.3 Å². The van der Waals surface area contributed by atoms with Gasteiger partial charge in [-0.25, -0.2) is 27.9 Å². The minimum atomic E-state index is -0.819. The maximum absolute atomic E-state index is 14.1. The van der Waals surface area contributed by atoms with Crippen molar-refractivity contribution in [1.82, 2.24) is 24.4 Å². The zero-order valence-electron chi connectivity index (χ0n) is 41.5. The normalized spacial score (nSPS) is 18.1. The van der Waals surface area contributed by atoms with Gasteiger partial charge >= 0.3 is 6.09 Å². The molecule has 8 aromatic rings. The highest BCUT2D eigenvalue weighted by Crippen LogP contribution is 2.40. The number of anilines is 2. The Hall–Kier alpha value is -6.46. The van der Waals surface area contributed by atoms with Gasteiger partial charge in [0.25, 0.3) is 0 Å². The molecule has 0 radical (unpaired) electrons. The number of aromatic nitrogens is 4. The fraction of sp³-hybridized carbons (Fsp3) is 0.304. The Labute approximate surface area is 427 Å². The number of thioether (sulfide) groups is 2. The SMILES string of the molecule is Cc1ccc(NCC(C)(CO)c2cccc(F)c2)c(N)c1.Cc1ccc2c(c1)nc1n2CC(N)(c2cccc(F)c2)CS1.Cc1ccc2c(c1)nc1n2CC(NC(=O)OC(C)(C)C)(c2cccc(F)c2)CS1. The number of nitrogens with zero attached hydrogens (tertiary/aromatic N) is 4. The van der Waals surface area contributed by atoms with Crippen LogP contribution in [-0.4, -0.2) is 60.6 Å². The number of benzene rings is 6. The molecule has 4 heterocycles. The number of alkyl carbamates (subject to hydrolysis) is 1. The number of hydrogen-bond acceptors (Lipinski definition) is 10. The minimum Gasteiger partial charge on any atom is -0.444 e. The van der Waals surface area contributed by atoms with Gasteiger partial charge in [0.15, 0.2) is 10.3 Å². The third kappa shape index (κ3) is 11.7. The van der Waals surface area contributed by atoms with Crippen LogP contribution in [0.15, 0.2) is 138 Å². The van der Waals surface area contributed by atoms with Crippen molar-refractivity contribution in [3.05, 3.63) is 178 Å². The molecule has 0 spiro atoms. The van der Waals surface area contributed by atoms with Crippen LogP contribution in [0.2, 0.25) is 0 Å². The lowest BCUT2D eigenvalue weighted by Crippen LogP contribution is -2.53. The molecule has 376 valence electrons. The van der Waals surface area contributed by atoms with Crippen LogP contribution in [0, 0.1) is 38.2 Å². The molecule has 0 aliphatic carbocycles. The number of carbonyl (C=O) groups excluding carboxylic acids is 1. The highest BCUT2D eigenvalue weighted by molar-refractivity contribution is 7.99. The van der Waals surface area contributed by atoms with Gasteiger partial charge in [0.2, 0.25) is 0 Å². The minimum absolute atomic E-state index is 0.0881. The second-order valence-electron chi connectivity index (χ2n) is 20.1. The Bertz CT molecular complexity index is 3270. The second kappa shape index (κ2) is 20.9. The predicted octanol–water partition coefficient (Wildman–Crippen LogP) is 11.5. The van der Waals surface area contributed by atoms with Crippen molar-refractivity contribution in [2.75, 3.05) is 35.7 Å². The lowest BCUT2D eigenvalue weighted by atomic mass is 9.83. The van der Waals surface area contributed by atoms with Crippen LogP contribution in [0.25, 0.3) is 22.1 Å². The summed E-state index contributed by atoms with van der Waals surface area (Å²) >= 11 is 3.18. The topological polar surface area (TPSA) is 158 Å². The molecule has 2 aliphatic heterocycles. The molecule has 72 heavy (non-hydrogen) atoms. The van der Waals surface area contributed by atoms with E-state index in [1.807, 2.05) is 96.1 Å². The van der Waals surface area contributed by atoms with E-state index in [2.05, 4.69) is 49.9 Å². The lowest BCUT2D eigenvalue weighted by Gasteiger charge is -2.39. The number of rotatable bonds is 8. The summed E-state index contributed by atoms with van der Waals surface area (Å²) in [5.74, 6) is 0.331. The Morgan fingerprint density at radius 1 is 0.708 bits per heavy atom. The number of nitrogens with two attached hydrogens (primary N) is 2. The molecule has 10 rings (SSSR count). The number of carbonyl (C=O) groups is 1. The average Bonchev–Trinajstić information content (AvgIpc) is 3.86. The van der Waals surface area contributed by atoms with Gasteiger partial charge in [0, 0.05) is 30.0 Å². The first kappa shape index (κ1) is 51.9. The average molecular weight is 1020 g/mol. The first-order valence-electron chi connectivity index (χ1n) is 23.6. The first-order chi connectivity index (χ1) is 34.1. The quantitative estimate of drug-likeness (QED) is 0.0928. The lowest BCUT2D eigenvalue weighted by molar-refractivity contribution is 0.0449. The summed E-state index contributed by atoms with van der Waals surface area (Å²) in [6.07, 6.45) is -0.522. The maximum atomic E-state index is 14.1. The number of aliphatic hydroxyl groups is 1. The van der Waals surface area contributed by atoms with E-state index >= 15 is 0 Å². The van der Waals surface area contributed by atoms with E-state index in [4.69, 9.17) is 21.2 Å². The number of halogens is 3. The predicted molar refractivity (Wildman–Crippen MR) is 285 cm³/mol. The van der Waals surface area contributed by atoms with Gasteiger partial charge in [-0.3, -0.25) is 0 Å². The molecule has 3 unspecified atom stereocenters. The van der Waals surface area contributed by atoms with Gasteiger partial charge in [0.1, 0.15) is 23.1 Å². The molecule has 3 atom stereocenters. The molecule has 11 nitrogen and oxygen atoms in total. The third-order valence-electron chi connectivity index (χ3n) is 12.8. The van der Waals surface area contributed by atoms with Crippen molar-refractivity contribution >= 4 is 63.1 Å². The van der Waals surface area contributed by atoms with Gasteiger partial charge in [-0.2, -0.15) is 0 Å². The van der Waals surface area contributed by atoms with Crippen molar-refractivity contribution in [1.29, 1.82) is 0 Å². The van der Waals surface area contributed by atoms with Crippen molar-refractivity contribution in [3.8, 4) is 0 Å². The van der Waals surface area contributed by atoms with Gasteiger partial charge in [-0.1, -0.05) is 85.0 Å². The van der Waals surface area contributed by atoms with E-state index in [1.54, 1.807) is 41.7 Å². The molecule has 6 aromatic carbocycles. The molecule has 0 fully saturated rings. The first-order valence-corrected chi connectivity index (χ1v) is 25.6. The standard InChI is InChI=1S/C22H24FN3O2S.C17H16FN3S.C17H21FN2O/c1-14-8-9-18-17(10-14)24-19-26(18)12-22(13-29-19,15-6-5-7-16(23)11-15)25-20(27)28-21(2,3)4;1-11-5-6-15-14(7-11)20-16-21(15)9-17(19,10-22-16)12-3-2-4-13(18)8-12;1-12-6-7-16(15(19)8-12)20-10-17(2,11-21)13-4-3-5-14(18)9-13/h5-11H,12-13H2,1-4H3,(H,25,27);2-8H,9-10,19H2,1H3;3-9,20-21H,10-11,19H2,1-2H3. The largest absolute Gasteiger partial charge is 0.444 e. The fourth-order valence-corrected chi connectivity index (χ4v) is 11.1. The zero-order valence-corrected chi connectivity index (χ0v) is 43.2. The summed E-state index contributed by atoms with van der Waals surface area (Å²) in [5, 5.41) is 17.9. The Balaban J connectivity index is 0.000000147. The van der Waals surface area contributed by atoms with E-state index < -0.39 is 28.2 Å². The Morgan fingerprint density at radius 3 is 1.81 bits per heavy atom. The van der Waals surface area contributed by atoms with Crippen LogP contribution in [0.4, 0.5) is 29.3 Å². The number of nitrogens with one attached hydrogen (secondary N) is 2. The van der Waals surface area contributed by atoms with Gasteiger partial charge in [-0.15, -0.1) is 0 Å². The maximum Gasteiger partial charge on any atom is 0.408 e. The number of hydrogen-bond donors (Lipinski definition) is 5. The van der Waals surface area contributed by atoms with Crippen LogP contribution in [0.3, 0.4) is 0 Å². The smallest absolute Gasteiger partial charge is 0.408 e. The van der Waals surface area contributed by atoms with Gasteiger partial charge in [-0.05, 0) is 148 Å². The van der Waals surface area contributed by atoms with Gasteiger partial charge < -0.3 is 41.1 Å². The Kier molecular flexibility index (Phi) is 15.1. The number of nitrogen functional groups attached to an aromatic ring is 1. The summed E-state index contributed by atoms with van der Waals surface area (Å²) in [6.45, 7) is 14.8.